The lowest BCUT2D eigenvalue weighted by atomic mass is 9.77. The number of anilines is 1. The molecule has 9 heteroatoms. The Morgan fingerprint density at radius 1 is 0.774 bits per heavy atom. The third-order valence-electron chi connectivity index (χ3n) is 10.2. The van der Waals surface area contributed by atoms with Crippen LogP contribution in [0.25, 0.3) is 38.9 Å². The molecule has 4 heterocycles. The Kier molecular flexibility index (Phi) is 8.25. The lowest BCUT2D eigenvalue weighted by Crippen LogP contribution is -2.38. The van der Waals surface area contributed by atoms with E-state index in [1.807, 2.05) is 53.2 Å². The number of imidazole rings is 1. The van der Waals surface area contributed by atoms with Gasteiger partial charge in [-0.2, -0.15) is 5.10 Å². The molecule has 0 spiro atoms. The standard InChI is InChI=1S/C44H36N6O3/c1-52-43(51)37-25-35(48-21-23-53-24-22-48)26-41-42(37)45-30-49(41)40-27-39(47-38-20-12-11-19-36(38)40)31-28-46-50(29-31)44(32-13-5-2-6-14-32,33-15-7-3-8-16-33)34-17-9-4-10-18-34/h2-20,25-30H,21-24H2,1H3. The van der Waals surface area contributed by atoms with E-state index >= 15 is 0 Å². The van der Waals surface area contributed by atoms with Crippen molar-refractivity contribution >= 4 is 33.6 Å². The predicted octanol–water partition coefficient (Wildman–Crippen LogP) is 7.90. The van der Waals surface area contributed by atoms with Crippen molar-refractivity contribution in [1.82, 2.24) is 24.3 Å². The van der Waals surface area contributed by atoms with Gasteiger partial charge in [0.2, 0.25) is 0 Å². The summed E-state index contributed by atoms with van der Waals surface area (Å²) >= 11 is 0. The van der Waals surface area contributed by atoms with E-state index in [9.17, 15) is 4.79 Å². The molecule has 8 aromatic rings. The second-order valence-electron chi connectivity index (χ2n) is 13.1. The topological polar surface area (TPSA) is 87.3 Å². The molecule has 9 nitrogen and oxygen atoms in total. The molecule has 0 amide bonds. The van der Waals surface area contributed by atoms with E-state index in [-0.39, 0.29) is 0 Å². The number of nitrogens with zero attached hydrogens (tertiary/aromatic N) is 6. The summed E-state index contributed by atoms with van der Waals surface area (Å²) in [4.78, 5) is 25.3. The summed E-state index contributed by atoms with van der Waals surface area (Å²) in [5.74, 6) is -0.429. The summed E-state index contributed by atoms with van der Waals surface area (Å²) in [5, 5.41) is 6.06. The molecule has 1 aliphatic heterocycles. The second-order valence-corrected chi connectivity index (χ2v) is 13.1. The van der Waals surface area contributed by atoms with Gasteiger partial charge in [-0.25, -0.2) is 14.8 Å². The fourth-order valence-corrected chi connectivity index (χ4v) is 7.64. The normalized spacial score (nSPS) is 13.4. The van der Waals surface area contributed by atoms with Crippen LogP contribution in [0.5, 0.6) is 0 Å². The van der Waals surface area contributed by atoms with Crippen molar-refractivity contribution < 1.29 is 14.3 Å². The van der Waals surface area contributed by atoms with Gasteiger partial charge in [-0.3, -0.25) is 9.25 Å². The second kappa shape index (κ2) is 13.5. The predicted molar refractivity (Wildman–Crippen MR) is 207 cm³/mol. The Morgan fingerprint density at radius 2 is 1.40 bits per heavy atom. The first kappa shape index (κ1) is 32.3. The number of benzene rings is 5. The zero-order valence-corrected chi connectivity index (χ0v) is 29.2. The molecule has 0 saturated carbocycles. The van der Waals surface area contributed by atoms with Crippen LogP contribution >= 0.6 is 0 Å². The van der Waals surface area contributed by atoms with Crippen LogP contribution in [0, 0.1) is 0 Å². The number of methoxy groups -OCH3 is 1. The highest BCUT2D eigenvalue weighted by Crippen LogP contribution is 2.41. The molecular formula is C44H36N6O3. The molecule has 0 aliphatic carbocycles. The number of hydrogen-bond acceptors (Lipinski definition) is 7. The van der Waals surface area contributed by atoms with Crippen LogP contribution in [0.2, 0.25) is 0 Å². The third kappa shape index (κ3) is 5.53. The van der Waals surface area contributed by atoms with E-state index in [2.05, 4.69) is 107 Å². The number of esters is 1. The Labute approximate surface area is 306 Å². The molecule has 3 aromatic heterocycles. The summed E-state index contributed by atoms with van der Waals surface area (Å²) in [7, 11) is 1.40. The van der Waals surface area contributed by atoms with E-state index in [1.54, 1.807) is 6.33 Å². The zero-order valence-electron chi connectivity index (χ0n) is 29.2. The third-order valence-corrected chi connectivity index (χ3v) is 10.2. The van der Waals surface area contributed by atoms with Crippen LogP contribution in [0.15, 0.2) is 152 Å². The van der Waals surface area contributed by atoms with Crippen LogP contribution in [-0.4, -0.2) is 63.7 Å². The van der Waals surface area contributed by atoms with Crippen LogP contribution < -0.4 is 4.90 Å². The average Bonchev–Trinajstić information content (AvgIpc) is 3.90. The van der Waals surface area contributed by atoms with Gasteiger partial charge >= 0.3 is 5.97 Å². The number of pyridine rings is 1. The molecule has 1 saturated heterocycles. The number of carbonyl (C=O) groups is 1. The van der Waals surface area contributed by atoms with Gasteiger partial charge in [0.05, 0.1) is 54.5 Å². The van der Waals surface area contributed by atoms with Crippen LogP contribution in [0.3, 0.4) is 0 Å². The van der Waals surface area contributed by atoms with Crippen molar-refractivity contribution in [3.05, 3.63) is 174 Å². The molecule has 1 aliphatic rings. The van der Waals surface area contributed by atoms with Crippen LogP contribution in [0.4, 0.5) is 5.69 Å². The molecule has 0 atom stereocenters. The number of para-hydroxylation sites is 1. The lowest BCUT2D eigenvalue weighted by Gasteiger charge is -2.36. The fraction of sp³-hybridized carbons (Fsp3) is 0.136. The minimum Gasteiger partial charge on any atom is -0.465 e. The van der Waals surface area contributed by atoms with E-state index in [0.29, 0.717) is 24.3 Å². The SMILES string of the molecule is COC(=O)c1cc(N2CCOCC2)cc2c1ncn2-c1cc(-c2cnn(C(c3ccccc3)(c3ccccc3)c3ccccc3)c2)nc2ccccc12. The minimum atomic E-state index is -0.761. The molecule has 0 unspecified atom stereocenters. The number of fused-ring (bicyclic) bond motifs is 2. The van der Waals surface area contributed by atoms with Crippen LogP contribution in [0.1, 0.15) is 27.0 Å². The van der Waals surface area contributed by atoms with Crippen molar-refractivity contribution in [3.8, 4) is 16.9 Å². The molecule has 260 valence electrons. The highest BCUT2D eigenvalue weighted by atomic mass is 16.5. The molecule has 0 radical (unpaired) electrons. The maximum atomic E-state index is 13.1. The number of hydrogen-bond donors (Lipinski definition) is 0. The van der Waals surface area contributed by atoms with Crippen LogP contribution in [-0.2, 0) is 15.0 Å². The Hall–Kier alpha value is -6.58. The molecule has 0 bridgehead atoms. The molecule has 1 fully saturated rings. The van der Waals surface area contributed by atoms with Crippen molar-refractivity contribution in [1.29, 1.82) is 0 Å². The van der Waals surface area contributed by atoms with Gasteiger partial charge in [-0.15, -0.1) is 0 Å². The van der Waals surface area contributed by atoms with Crippen molar-refractivity contribution in [2.45, 2.75) is 5.54 Å². The molecule has 5 aromatic carbocycles. The van der Waals surface area contributed by atoms with Crippen molar-refractivity contribution in [2.75, 3.05) is 38.3 Å². The van der Waals surface area contributed by atoms with Gasteiger partial charge in [-0.1, -0.05) is 109 Å². The number of carbonyl (C=O) groups excluding carboxylic acids is 1. The highest BCUT2D eigenvalue weighted by Gasteiger charge is 2.39. The lowest BCUT2D eigenvalue weighted by molar-refractivity contribution is 0.0602. The first-order valence-corrected chi connectivity index (χ1v) is 17.7. The van der Waals surface area contributed by atoms with Crippen molar-refractivity contribution in [2.24, 2.45) is 0 Å². The van der Waals surface area contributed by atoms with Crippen molar-refractivity contribution in [3.63, 3.8) is 0 Å². The van der Waals surface area contributed by atoms with E-state index in [1.165, 1.54) is 7.11 Å². The first-order chi connectivity index (χ1) is 26.1. The maximum absolute atomic E-state index is 13.1. The summed E-state index contributed by atoms with van der Waals surface area (Å²) in [6.45, 7) is 2.69. The van der Waals surface area contributed by atoms with Gasteiger partial charge in [0.25, 0.3) is 0 Å². The van der Waals surface area contributed by atoms with Gasteiger partial charge < -0.3 is 14.4 Å². The summed E-state index contributed by atoms with van der Waals surface area (Å²) in [6, 6.07) is 45.6. The number of ether oxygens (including phenoxy) is 2. The maximum Gasteiger partial charge on any atom is 0.340 e. The molecular weight excluding hydrogens is 661 g/mol. The summed E-state index contributed by atoms with van der Waals surface area (Å²) in [5.41, 5.74) is 8.53. The Morgan fingerprint density at radius 3 is 2.04 bits per heavy atom. The van der Waals surface area contributed by atoms with E-state index < -0.39 is 11.5 Å². The summed E-state index contributed by atoms with van der Waals surface area (Å²) < 4.78 is 15.0. The molecule has 9 rings (SSSR count). The fourth-order valence-electron chi connectivity index (χ4n) is 7.64. The smallest absolute Gasteiger partial charge is 0.340 e. The van der Waals surface area contributed by atoms with E-state index in [0.717, 1.165) is 68.8 Å². The quantitative estimate of drug-likeness (QED) is 0.118. The first-order valence-electron chi connectivity index (χ1n) is 17.7. The zero-order chi connectivity index (χ0) is 35.8. The largest absolute Gasteiger partial charge is 0.465 e. The van der Waals surface area contributed by atoms with Gasteiger partial charge in [0.1, 0.15) is 17.4 Å². The molecule has 53 heavy (non-hydrogen) atoms. The monoisotopic (exact) mass is 696 g/mol. The molecule has 0 N–H and O–H groups in total. The van der Waals surface area contributed by atoms with E-state index in [4.69, 9.17) is 24.5 Å². The Balaban J connectivity index is 1.25. The Bertz CT molecular complexity index is 2460. The van der Waals surface area contributed by atoms with Gasteiger partial charge in [0, 0.05) is 35.9 Å². The highest BCUT2D eigenvalue weighted by molar-refractivity contribution is 6.04. The summed E-state index contributed by atoms with van der Waals surface area (Å²) in [6.07, 6.45) is 5.76. The minimum absolute atomic E-state index is 0.421. The number of aromatic nitrogens is 5. The van der Waals surface area contributed by atoms with Gasteiger partial charge in [0.15, 0.2) is 0 Å². The van der Waals surface area contributed by atoms with Gasteiger partial charge in [-0.05, 0) is 41.0 Å². The number of morpholine rings is 1. The average molecular weight is 697 g/mol. The number of rotatable bonds is 8.